The summed E-state index contributed by atoms with van der Waals surface area (Å²) in [5.41, 5.74) is 1.12. The van der Waals surface area contributed by atoms with Crippen molar-refractivity contribution in [3.05, 3.63) is 54.6 Å². The van der Waals surface area contributed by atoms with Crippen LogP contribution in [0.15, 0.2) is 54.6 Å². The van der Waals surface area contributed by atoms with Gasteiger partial charge < -0.3 is 19.5 Å². The van der Waals surface area contributed by atoms with Gasteiger partial charge in [-0.05, 0) is 43.0 Å². The molecule has 2 atom stereocenters. The summed E-state index contributed by atoms with van der Waals surface area (Å²) >= 11 is 0. The quantitative estimate of drug-likeness (QED) is 0.774. The van der Waals surface area contributed by atoms with Crippen LogP contribution < -0.4 is 4.74 Å². The van der Waals surface area contributed by atoms with Crippen molar-refractivity contribution < 1.29 is 24.2 Å². The number of carbonyl (C=O) groups excluding carboxylic acids is 1. The van der Waals surface area contributed by atoms with Gasteiger partial charge in [-0.2, -0.15) is 0 Å². The molecule has 6 heteroatoms. The number of carboxylic acid groups (broad SMARTS) is 1. The highest BCUT2D eigenvalue weighted by Gasteiger charge is 2.44. The van der Waals surface area contributed by atoms with Crippen molar-refractivity contribution in [2.75, 3.05) is 26.8 Å². The van der Waals surface area contributed by atoms with Gasteiger partial charge in [0.15, 0.2) is 6.10 Å². The first-order valence-corrected chi connectivity index (χ1v) is 9.78. The van der Waals surface area contributed by atoms with Crippen molar-refractivity contribution >= 4 is 11.9 Å². The van der Waals surface area contributed by atoms with E-state index in [1.54, 1.807) is 11.8 Å². The summed E-state index contributed by atoms with van der Waals surface area (Å²) in [6.45, 7) is 2.44. The first-order chi connectivity index (χ1) is 13.9. The zero-order valence-corrected chi connectivity index (χ0v) is 16.8. The van der Waals surface area contributed by atoms with Crippen molar-refractivity contribution in [3.63, 3.8) is 0 Å². The number of hydrogen-bond acceptors (Lipinski definition) is 4. The number of benzene rings is 2. The molecule has 1 aliphatic rings. The Morgan fingerprint density at radius 2 is 1.76 bits per heavy atom. The molecule has 6 nitrogen and oxygen atoms in total. The van der Waals surface area contributed by atoms with E-state index >= 15 is 0 Å². The van der Waals surface area contributed by atoms with Crippen LogP contribution in [0.4, 0.5) is 0 Å². The third kappa shape index (κ3) is 4.77. The van der Waals surface area contributed by atoms with Gasteiger partial charge in [0.05, 0.1) is 6.61 Å². The van der Waals surface area contributed by atoms with Crippen LogP contribution in [-0.4, -0.2) is 54.8 Å². The summed E-state index contributed by atoms with van der Waals surface area (Å²) in [6, 6.07) is 17.6. The van der Waals surface area contributed by atoms with E-state index < -0.39 is 17.5 Å². The van der Waals surface area contributed by atoms with Gasteiger partial charge in [0, 0.05) is 20.2 Å². The van der Waals surface area contributed by atoms with Crippen molar-refractivity contribution in [2.45, 2.75) is 25.9 Å². The van der Waals surface area contributed by atoms with E-state index in [1.807, 2.05) is 54.6 Å². The van der Waals surface area contributed by atoms with E-state index in [0.717, 1.165) is 11.1 Å². The minimum Gasteiger partial charge on any atom is -0.481 e. The molecule has 1 aliphatic heterocycles. The SMILES string of the molecule is COCC1(C(=O)O)CCCN(C(=O)C(C)Oc2ccc(-c3ccccc3)cc2)C1. The first-order valence-electron chi connectivity index (χ1n) is 9.78. The molecule has 2 unspecified atom stereocenters. The lowest BCUT2D eigenvalue weighted by molar-refractivity contribution is -0.160. The Kier molecular flexibility index (Phi) is 6.54. The summed E-state index contributed by atoms with van der Waals surface area (Å²) < 4.78 is 11.0. The van der Waals surface area contributed by atoms with Crippen molar-refractivity contribution in [2.24, 2.45) is 5.41 Å². The largest absolute Gasteiger partial charge is 0.481 e. The lowest BCUT2D eigenvalue weighted by Crippen LogP contribution is -2.54. The average molecular weight is 397 g/mol. The van der Waals surface area contributed by atoms with E-state index in [2.05, 4.69) is 0 Å². The number of ether oxygens (including phenoxy) is 2. The fraction of sp³-hybridized carbons (Fsp3) is 0.391. The van der Waals surface area contributed by atoms with Gasteiger partial charge in [-0.1, -0.05) is 42.5 Å². The fourth-order valence-electron chi connectivity index (χ4n) is 3.82. The second-order valence-electron chi connectivity index (χ2n) is 7.53. The van der Waals surface area contributed by atoms with Gasteiger partial charge in [-0.3, -0.25) is 9.59 Å². The van der Waals surface area contributed by atoms with Gasteiger partial charge in [-0.25, -0.2) is 0 Å². The first kappa shape index (κ1) is 20.9. The van der Waals surface area contributed by atoms with Crippen LogP contribution in [-0.2, 0) is 14.3 Å². The summed E-state index contributed by atoms with van der Waals surface area (Å²) in [5, 5.41) is 9.66. The molecule has 1 fully saturated rings. The number of methoxy groups -OCH3 is 1. The maximum atomic E-state index is 12.9. The zero-order chi connectivity index (χ0) is 20.9. The number of carbonyl (C=O) groups is 2. The van der Waals surface area contributed by atoms with E-state index in [-0.39, 0.29) is 19.1 Å². The van der Waals surface area contributed by atoms with Gasteiger partial charge in [-0.15, -0.1) is 0 Å². The third-order valence-corrected chi connectivity index (χ3v) is 5.38. The fourth-order valence-corrected chi connectivity index (χ4v) is 3.82. The summed E-state index contributed by atoms with van der Waals surface area (Å²) in [4.78, 5) is 26.3. The number of likely N-dealkylation sites (tertiary alicyclic amines) is 1. The smallest absolute Gasteiger partial charge is 0.313 e. The Morgan fingerprint density at radius 1 is 1.10 bits per heavy atom. The van der Waals surface area contributed by atoms with Crippen LogP contribution in [0.3, 0.4) is 0 Å². The Balaban J connectivity index is 1.65. The van der Waals surface area contributed by atoms with Crippen LogP contribution in [0.25, 0.3) is 11.1 Å². The highest BCUT2D eigenvalue weighted by molar-refractivity contribution is 5.83. The zero-order valence-electron chi connectivity index (χ0n) is 16.8. The summed E-state index contributed by atoms with van der Waals surface area (Å²) in [5.74, 6) is -0.538. The molecule has 0 saturated carbocycles. The van der Waals surface area contributed by atoms with Gasteiger partial charge in [0.2, 0.25) is 0 Å². The molecule has 2 aromatic carbocycles. The molecule has 1 saturated heterocycles. The average Bonchev–Trinajstić information content (AvgIpc) is 2.74. The van der Waals surface area contributed by atoms with Crippen LogP contribution in [0, 0.1) is 5.41 Å². The van der Waals surface area contributed by atoms with Crippen molar-refractivity contribution in [1.29, 1.82) is 0 Å². The predicted molar refractivity (Wildman–Crippen MR) is 110 cm³/mol. The number of amides is 1. The van der Waals surface area contributed by atoms with Crippen molar-refractivity contribution in [1.82, 2.24) is 4.90 Å². The molecule has 0 bridgehead atoms. The molecule has 0 aliphatic carbocycles. The van der Waals surface area contributed by atoms with Crippen LogP contribution >= 0.6 is 0 Å². The highest BCUT2D eigenvalue weighted by Crippen LogP contribution is 2.31. The number of carboxylic acids is 1. The molecule has 1 heterocycles. The molecule has 154 valence electrons. The van der Waals surface area contributed by atoms with Gasteiger partial charge in [0.25, 0.3) is 5.91 Å². The van der Waals surface area contributed by atoms with Crippen LogP contribution in [0.5, 0.6) is 5.75 Å². The third-order valence-electron chi connectivity index (χ3n) is 5.38. The van der Waals surface area contributed by atoms with E-state index in [0.29, 0.717) is 25.1 Å². The Bertz CT molecular complexity index is 832. The van der Waals surface area contributed by atoms with Gasteiger partial charge in [0.1, 0.15) is 11.2 Å². The number of hydrogen-bond donors (Lipinski definition) is 1. The molecule has 2 aromatic rings. The topological polar surface area (TPSA) is 76.1 Å². The molecule has 29 heavy (non-hydrogen) atoms. The number of aliphatic carboxylic acids is 1. The monoisotopic (exact) mass is 397 g/mol. The van der Waals surface area contributed by atoms with E-state index in [1.165, 1.54) is 7.11 Å². The molecule has 0 spiro atoms. The number of piperidine rings is 1. The van der Waals surface area contributed by atoms with Crippen molar-refractivity contribution in [3.8, 4) is 16.9 Å². The Labute approximate surface area is 171 Å². The molecule has 0 radical (unpaired) electrons. The summed E-state index contributed by atoms with van der Waals surface area (Å²) in [7, 11) is 1.48. The molecule has 1 amide bonds. The number of nitrogens with zero attached hydrogens (tertiary/aromatic N) is 1. The normalized spacial score (nSPS) is 20.1. The Morgan fingerprint density at radius 3 is 2.38 bits per heavy atom. The maximum absolute atomic E-state index is 12.9. The minimum absolute atomic E-state index is 0.0856. The molecule has 1 N–H and O–H groups in total. The number of rotatable bonds is 7. The van der Waals surface area contributed by atoms with Gasteiger partial charge >= 0.3 is 5.97 Å². The standard InChI is InChI=1S/C23H27NO5/c1-17(21(25)24-14-6-13-23(15-24,16-28-2)22(26)27)29-20-11-9-19(10-12-20)18-7-4-3-5-8-18/h3-5,7-12,17H,6,13-16H2,1-2H3,(H,26,27). The maximum Gasteiger partial charge on any atom is 0.313 e. The van der Waals surface area contributed by atoms with Crippen LogP contribution in [0.1, 0.15) is 19.8 Å². The highest BCUT2D eigenvalue weighted by atomic mass is 16.5. The lowest BCUT2D eigenvalue weighted by Gasteiger charge is -2.40. The molecular weight excluding hydrogens is 370 g/mol. The molecular formula is C23H27NO5. The lowest BCUT2D eigenvalue weighted by atomic mass is 9.80. The van der Waals surface area contributed by atoms with Crippen LogP contribution in [0.2, 0.25) is 0 Å². The second-order valence-corrected chi connectivity index (χ2v) is 7.53. The second kappa shape index (κ2) is 9.09. The predicted octanol–water partition coefficient (Wildman–Crippen LogP) is 3.46. The minimum atomic E-state index is -1.06. The van der Waals surface area contributed by atoms with E-state index in [9.17, 15) is 14.7 Å². The summed E-state index contributed by atoms with van der Waals surface area (Å²) in [6.07, 6.45) is 0.417. The molecule has 3 rings (SSSR count). The van der Waals surface area contributed by atoms with E-state index in [4.69, 9.17) is 9.47 Å². The Hall–Kier alpha value is -2.86. The molecule has 0 aromatic heterocycles.